The predicted octanol–water partition coefficient (Wildman–Crippen LogP) is 3.53. The van der Waals surface area contributed by atoms with Gasteiger partial charge in [-0.05, 0) is 25.5 Å². The average molecular weight is 373 g/mol. The summed E-state index contributed by atoms with van der Waals surface area (Å²) in [6.45, 7) is 4.63. The molecule has 0 unspecified atom stereocenters. The van der Waals surface area contributed by atoms with Crippen molar-refractivity contribution in [1.29, 1.82) is 0 Å². The molecular weight excluding hydrogens is 360 g/mol. The lowest BCUT2D eigenvalue weighted by Crippen LogP contribution is -2.01. The van der Waals surface area contributed by atoms with E-state index < -0.39 is 4.92 Å². The summed E-state index contributed by atoms with van der Waals surface area (Å²) < 4.78 is 6.22. The summed E-state index contributed by atoms with van der Waals surface area (Å²) in [5.74, 6) is 0.253. The van der Waals surface area contributed by atoms with E-state index in [0.717, 1.165) is 6.54 Å². The largest absolute Gasteiger partial charge is 0.479 e. The Morgan fingerprint density at radius 1 is 1.48 bits per heavy atom. The Kier molecular flexibility index (Phi) is 5.07. The number of ether oxygens (including phenoxy) is 1. The van der Waals surface area contributed by atoms with Crippen LogP contribution in [0.4, 0.5) is 10.8 Å². The van der Waals surface area contributed by atoms with Crippen molar-refractivity contribution < 1.29 is 9.66 Å². The maximum atomic E-state index is 11.1. The third kappa shape index (κ3) is 3.88. The molecule has 2 rings (SSSR count). The minimum atomic E-state index is -0.461. The Morgan fingerprint density at radius 2 is 2.24 bits per heavy atom. The van der Waals surface area contributed by atoms with Gasteiger partial charge in [-0.3, -0.25) is 10.1 Å². The van der Waals surface area contributed by atoms with Gasteiger partial charge in [0.15, 0.2) is 5.01 Å². The summed E-state index contributed by atoms with van der Waals surface area (Å²) in [7, 11) is 0. The number of nitrogens with zero attached hydrogens (tertiary/aromatic N) is 3. The van der Waals surface area contributed by atoms with E-state index in [1.54, 1.807) is 13.0 Å². The van der Waals surface area contributed by atoms with Crippen molar-refractivity contribution in [3.63, 3.8) is 0 Å². The Labute approximate surface area is 133 Å². The van der Waals surface area contributed by atoms with Crippen LogP contribution in [0.15, 0.2) is 16.6 Å². The van der Waals surface area contributed by atoms with Gasteiger partial charge >= 0.3 is 5.69 Å². The van der Waals surface area contributed by atoms with Crippen LogP contribution >= 0.6 is 27.3 Å². The van der Waals surface area contributed by atoms with Gasteiger partial charge in [0.1, 0.15) is 6.61 Å². The molecule has 0 aliphatic carbocycles. The molecule has 1 aromatic carbocycles. The van der Waals surface area contributed by atoms with Gasteiger partial charge in [-0.25, -0.2) is 0 Å². The fourth-order valence-electron chi connectivity index (χ4n) is 1.70. The number of hydrogen-bond acceptors (Lipinski definition) is 7. The number of nitrogens with one attached hydrogen (secondary N) is 1. The molecule has 0 bridgehead atoms. The first-order valence-corrected chi connectivity index (χ1v) is 7.75. The number of aromatic nitrogens is 2. The van der Waals surface area contributed by atoms with Gasteiger partial charge < -0.3 is 10.1 Å². The summed E-state index contributed by atoms with van der Waals surface area (Å²) in [5, 5.41) is 23.4. The molecule has 1 N–H and O–H groups in total. The lowest BCUT2D eigenvalue weighted by Gasteiger charge is -2.08. The molecule has 0 saturated heterocycles. The Balaban J connectivity index is 2.17. The minimum Gasteiger partial charge on any atom is -0.479 e. The standard InChI is InChI=1S/C12H13BrN4O3S/c1-3-14-12-16-15-10(21-12)6-20-11-7(2)4-8(13)5-9(11)17(18)19/h4-5H,3,6H2,1-2H3,(H,14,16). The van der Waals surface area contributed by atoms with Crippen LogP contribution < -0.4 is 10.1 Å². The van der Waals surface area contributed by atoms with E-state index in [1.165, 1.54) is 17.4 Å². The highest BCUT2D eigenvalue weighted by Gasteiger charge is 2.19. The third-order valence-corrected chi connectivity index (χ3v) is 3.86. The quantitative estimate of drug-likeness (QED) is 0.615. The highest BCUT2D eigenvalue weighted by atomic mass is 79.9. The number of rotatable bonds is 6. The van der Waals surface area contributed by atoms with Crippen molar-refractivity contribution in [3.8, 4) is 5.75 Å². The van der Waals surface area contributed by atoms with Gasteiger partial charge in [-0.1, -0.05) is 27.3 Å². The molecule has 0 aliphatic heterocycles. The highest BCUT2D eigenvalue weighted by molar-refractivity contribution is 9.10. The summed E-state index contributed by atoms with van der Waals surface area (Å²) in [6.07, 6.45) is 0. The van der Waals surface area contributed by atoms with Crippen LogP contribution in [0.2, 0.25) is 0 Å². The van der Waals surface area contributed by atoms with Gasteiger partial charge in [-0.15, -0.1) is 10.2 Å². The first-order valence-electron chi connectivity index (χ1n) is 6.14. The summed E-state index contributed by atoms with van der Waals surface area (Å²) in [6, 6.07) is 3.19. The van der Waals surface area contributed by atoms with Crippen LogP contribution in [0.1, 0.15) is 17.5 Å². The Morgan fingerprint density at radius 3 is 2.90 bits per heavy atom. The summed E-state index contributed by atoms with van der Waals surface area (Å²) >= 11 is 4.61. The molecule has 0 saturated carbocycles. The molecule has 21 heavy (non-hydrogen) atoms. The van der Waals surface area contributed by atoms with Gasteiger partial charge in [0.25, 0.3) is 0 Å². The minimum absolute atomic E-state index is 0.0710. The topological polar surface area (TPSA) is 90.2 Å². The molecule has 0 spiro atoms. The maximum Gasteiger partial charge on any atom is 0.312 e. The van der Waals surface area contributed by atoms with Crippen molar-refractivity contribution in [3.05, 3.63) is 37.3 Å². The number of anilines is 1. The van der Waals surface area contributed by atoms with E-state index in [4.69, 9.17) is 4.74 Å². The second-order valence-electron chi connectivity index (χ2n) is 4.15. The van der Waals surface area contributed by atoms with Crippen molar-refractivity contribution in [2.75, 3.05) is 11.9 Å². The van der Waals surface area contributed by atoms with E-state index >= 15 is 0 Å². The molecule has 9 heteroatoms. The Bertz CT molecular complexity index is 662. The van der Waals surface area contributed by atoms with E-state index in [2.05, 4.69) is 31.4 Å². The number of hydrogen-bond donors (Lipinski definition) is 1. The molecule has 0 amide bonds. The lowest BCUT2D eigenvalue weighted by atomic mass is 10.2. The monoisotopic (exact) mass is 372 g/mol. The third-order valence-electron chi connectivity index (χ3n) is 2.55. The zero-order chi connectivity index (χ0) is 15.4. The molecule has 112 valence electrons. The van der Waals surface area contributed by atoms with Crippen molar-refractivity contribution in [2.45, 2.75) is 20.5 Å². The van der Waals surface area contributed by atoms with Gasteiger partial charge in [0.2, 0.25) is 10.9 Å². The van der Waals surface area contributed by atoms with E-state index in [9.17, 15) is 10.1 Å². The first-order chi connectivity index (χ1) is 10.0. The van der Waals surface area contributed by atoms with Crippen LogP contribution in [0.3, 0.4) is 0 Å². The number of aryl methyl sites for hydroxylation is 1. The number of benzene rings is 1. The molecule has 0 atom stereocenters. The van der Waals surface area contributed by atoms with Crippen LogP contribution in [-0.2, 0) is 6.61 Å². The molecule has 2 aromatic rings. The normalized spacial score (nSPS) is 10.4. The van der Waals surface area contributed by atoms with Crippen molar-refractivity contribution >= 4 is 38.1 Å². The van der Waals surface area contributed by atoms with Gasteiger partial charge in [-0.2, -0.15) is 0 Å². The molecule has 0 fully saturated rings. The first kappa shape index (κ1) is 15.6. The van der Waals surface area contributed by atoms with E-state index in [0.29, 0.717) is 20.2 Å². The van der Waals surface area contributed by atoms with Crippen LogP contribution in [0.25, 0.3) is 0 Å². The molecular formula is C12H13BrN4O3S. The van der Waals surface area contributed by atoms with Crippen LogP contribution in [-0.4, -0.2) is 21.7 Å². The maximum absolute atomic E-state index is 11.1. The lowest BCUT2D eigenvalue weighted by molar-refractivity contribution is -0.386. The zero-order valence-electron chi connectivity index (χ0n) is 11.4. The van der Waals surface area contributed by atoms with Crippen LogP contribution in [0.5, 0.6) is 5.75 Å². The van der Waals surface area contributed by atoms with E-state index in [1.807, 2.05) is 6.92 Å². The average Bonchev–Trinajstić information content (AvgIpc) is 2.85. The number of nitro groups is 1. The van der Waals surface area contributed by atoms with Gasteiger partial charge in [0.05, 0.1) is 4.92 Å². The van der Waals surface area contributed by atoms with Crippen LogP contribution in [0, 0.1) is 17.0 Å². The van der Waals surface area contributed by atoms with Crippen molar-refractivity contribution in [2.24, 2.45) is 0 Å². The number of halogens is 1. The van der Waals surface area contributed by atoms with Crippen molar-refractivity contribution in [1.82, 2.24) is 10.2 Å². The second kappa shape index (κ2) is 6.81. The molecule has 7 nitrogen and oxygen atoms in total. The zero-order valence-corrected chi connectivity index (χ0v) is 13.8. The predicted molar refractivity (Wildman–Crippen MR) is 83.9 cm³/mol. The van der Waals surface area contributed by atoms with E-state index in [-0.39, 0.29) is 18.0 Å². The SMILES string of the molecule is CCNc1nnc(COc2c(C)cc(Br)cc2[N+](=O)[O-])s1. The summed E-state index contributed by atoms with van der Waals surface area (Å²) in [5.41, 5.74) is 0.616. The molecule has 1 aromatic heterocycles. The van der Waals surface area contributed by atoms with Gasteiger partial charge in [0, 0.05) is 17.1 Å². The molecule has 0 radical (unpaired) electrons. The second-order valence-corrected chi connectivity index (χ2v) is 6.13. The highest BCUT2D eigenvalue weighted by Crippen LogP contribution is 2.34. The number of nitro benzene ring substituents is 1. The fourth-order valence-corrected chi connectivity index (χ4v) is 2.99. The molecule has 1 heterocycles. The Hall–Kier alpha value is -1.74. The fraction of sp³-hybridized carbons (Fsp3) is 0.333. The molecule has 0 aliphatic rings. The summed E-state index contributed by atoms with van der Waals surface area (Å²) in [4.78, 5) is 10.6. The smallest absolute Gasteiger partial charge is 0.312 e.